The maximum Gasteiger partial charge on any atom is 0.240 e. The number of nitrogens with one attached hydrogen (secondary N) is 2. The van der Waals surface area contributed by atoms with Crippen LogP contribution in [0.25, 0.3) is 0 Å². The van der Waals surface area contributed by atoms with Crippen LogP contribution in [-0.2, 0) is 9.59 Å². The fourth-order valence-electron chi connectivity index (χ4n) is 2.19. The summed E-state index contributed by atoms with van der Waals surface area (Å²) in [7, 11) is 0. The van der Waals surface area contributed by atoms with Gasteiger partial charge in [-0.1, -0.05) is 29.8 Å². The second-order valence-electron chi connectivity index (χ2n) is 6.06. The lowest BCUT2D eigenvalue weighted by Gasteiger charge is -2.11. The van der Waals surface area contributed by atoms with E-state index < -0.39 is 0 Å². The number of hydrazone groups is 1. The standard InChI is InChI=1S/C20H22ClN3O3/c1-14(2)27-18-9-4-3-6-15(18)13-22-24-20(26)11-10-19(25)23-17-8-5-7-16(21)12-17/h3-9,12-14H,10-11H2,1-2H3,(H,23,25)(H,24,26). The van der Waals surface area contributed by atoms with E-state index in [4.69, 9.17) is 16.3 Å². The van der Waals surface area contributed by atoms with Crippen molar-refractivity contribution in [2.45, 2.75) is 32.8 Å². The number of nitrogens with zero attached hydrogens (tertiary/aromatic N) is 1. The Morgan fingerprint density at radius 1 is 1.11 bits per heavy atom. The lowest BCUT2D eigenvalue weighted by Crippen LogP contribution is -2.20. The SMILES string of the molecule is CC(C)Oc1ccccc1C=NNC(=O)CCC(=O)Nc1cccc(Cl)c1. The van der Waals surface area contributed by atoms with Gasteiger partial charge in [-0.2, -0.15) is 5.10 Å². The van der Waals surface area contributed by atoms with E-state index in [0.717, 1.165) is 5.56 Å². The first-order chi connectivity index (χ1) is 12.9. The summed E-state index contributed by atoms with van der Waals surface area (Å²) in [5, 5.41) is 7.15. The molecule has 27 heavy (non-hydrogen) atoms. The van der Waals surface area contributed by atoms with Crippen molar-refractivity contribution in [2.75, 3.05) is 5.32 Å². The number of halogens is 1. The Bertz CT molecular complexity index is 822. The molecule has 0 saturated heterocycles. The molecule has 0 radical (unpaired) electrons. The van der Waals surface area contributed by atoms with Crippen molar-refractivity contribution in [3.8, 4) is 5.75 Å². The minimum atomic E-state index is -0.352. The first kappa shape index (κ1) is 20.5. The van der Waals surface area contributed by atoms with Gasteiger partial charge in [0.15, 0.2) is 0 Å². The Kier molecular flexibility index (Phi) is 7.82. The van der Waals surface area contributed by atoms with Gasteiger partial charge >= 0.3 is 0 Å². The average Bonchev–Trinajstić information content (AvgIpc) is 2.61. The van der Waals surface area contributed by atoms with Gasteiger partial charge in [0.05, 0.1) is 12.3 Å². The zero-order valence-electron chi connectivity index (χ0n) is 15.2. The van der Waals surface area contributed by atoms with Gasteiger partial charge in [-0.05, 0) is 44.2 Å². The summed E-state index contributed by atoms with van der Waals surface area (Å²) in [6.45, 7) is 3.87. The van der Waals surface area contributed by atoms with Crippen LogP contribution in [0.5, 0.6) is 5.75 Å². The molecule has 6 nitrogen and oxygen atoms in total. The summed E-state index contributed by atoms with van der Waals surface area (Å²) in [5.41, 5.74) is 3.76. The largest absolute Gasteiger partial charge is 0.490 e. The molecule has 2 rings (SSSR count). The van der Waals surface area contributed by atoms with Gasteiger partial charge in [-0.25, -0.2) is 5.43 Å². The third-order valence-corrected chi connectivity index (χ3v) is 3.60. The van der Waals surface area contributed by atoms with Crippen LogP contribution < -0.4 is 15.5 Å². The molecule has 0 aliphatic rings. The number of anilines is 1. The maximum atomic E-state index is 11.9. The van der Waals surface area contributed by atoms with Gasteiger partial charge in [0.1, 0.15) is 5.75 Å². The number of benzene rings is 2. The maximum absolute atomic E-state index is 11.9. The molecule has 0 aliphatic carbocycles. The van der Waals surface area contributed by atoms with Crippen molar-refractivity contribution in [3.63, 3.8) is 0 Å². The van der Waals surface area contributed by atoms with Crippen molar-refractivity contribution >= 4 is 35.3 Å². The van der Waals surface area contributed by atoms with E-state index in [9.17, 15) is 9.59 Å². The lowest BCUT2D eigenvalue weighted by atomic mass is 10.2. The first-order valence-corrected chi connectivity index (χ1v) is 8.95. The Morgan fingerprint density at radius 3 is 2.59 bits per heavy atom. The Hall–Kier alpha value is -2.86. The number of ether oxygens (including phenoxy) is 1. The van der Waals surface area contributed by atoms with Crippen LogP contribution in [0.2, 0.25) is 5.02 Å². The van der Waals surface area contributed by atoms with Gasteiger partial charge in [-0.15, -0.1) is 0 Å². The summed E-state index contributed by atoms with van der Waals surface area (Å²) in [5.74, 6) is 0.0632. The van der Waals surface area contributed by atoms with Crippen LogP contribution in [0.3, 0.4) is 0 Å². The average molecular weight is 388 g/mol. The molecule has 142 valence electrons. The molecule has 2 aromatic rings. The number of rotatable bonds is 8. The summed E-state index contributed by atoms with van der Waals surface area (Å²) in [4.78, 5) is 23.7. The van der Waals surface area contributed by atoms with Crippen LogP contribution in [0.15, 0.2) is 53.6 Å². The highest BCUT2D eigenvalue weighted by molar-refractivity contribution is 6.30. The molecule has 0 aliphatic heterocycles. The van der Waals surface area contributed by atoms with Crippen molar-refractivity contribution in [3.05, 3.63) is 59.1 Å². The second kappa shape index (κ2) is 10.3. The highest BCUT2D eigenvalue weighted by Crippen LogP contribution is 2.17. The van der Waals surface area contributed by atoms with E-state index in [1.54, 1.807) is 24.3 Å². The van der Waals surface area contributed by atoms with E-state index in [1.807, 2.05) is 38.1 Å². The molecule has 0 bridgehead atoms. The van der Waals surface area contributed by atoms with E-state index >= 15 is 0 Å². The Balaban J connectivity index is 1.79. The van der Waals surface area contributed by atoms with Gasteiger partial charge in [0.2, 0.25) is 11.8 Å². The van der Waals surface area contributed by atoms with Gasteiger partial charge < -0.3 is 10.1 Å². The van der Waals surface area contributed by atoms with Crippen molar-refractivity contribution in [1.29, 1.82) is 0 Å². The minimum absolute atomic E-state index is 0.0217. The van der Waals surface area contributed by atoms with Crippen molar-refractivity contribution in [1.82, 2.24) is 5.43 Å². The lowest BCUT2D eigenvalue weighted by molar-refractivity contribution is -0.124. The number of para-hydroxylation sites is 1. The molecule has 2 N–H and O–H groups in total. The molecule has 0 heterocycles. The van der Waals surface area contributed by atoms with E-state index in [0.29, 0.717) is 16.5 Å². The number of hydrogen-bond acceptors (Lipinski definition) is 4. The number of hydrogen-bond donors (Lipinski definition) is 2. The van der Waals surface area contributed by atoms with Crippen molar-refractivity contribution < 1.29 is 14.3 Å². The highest BCUT2D eigenvalue weighted by atomic mass is 35.5. The minimum Gasteiger partial charge on any atom is -0.490 e. The number of carbonyl (C=O) groups is 2. The van der Waals surface area contributed by atoms with Crippen LogP contribution in [0, 0.1) is 0 Å². The molecule has 0 aromatic heterocycles. The molecule has 0 saturated carbocycles. The molecule has 2 aromatic carbocycles. The van der Waals surface area contributed by atoms with E-state index in [1.165, 1.54) is 6.21 Å². The van der Waals surface area contributed by atoms with E-state index in [-0.39, 0.29) is 30.8 Å². The van der Waals surface area contributed by atoms with Gasteiger partial charge in [0.25, 0.3) is 0 Å². The van der Waals surface area contributed by atoms with E-state index in [2.05, 4.69) is 15.8 Å². The zero-order chi connectivity index (χ0) is 19.6. The molecular formula is C20H22ClN3O3. The smallest absolute Gasteiger partial charge is 0.240 e. The Labute approximate surface area is 163 Å². The number of carbonyl (C=O) groups excluding carboxylic acids is 2. The molecule has 7 heteroatoms. The van der Waals surface area contributed by atoms with Crippen molar-refractivity contribution in [2.24, 2.45) is 5.10 Å². The first-order valence-electron chi connectivity index (χ1n) is 8.57. The summed E-state index contributed by atoms with van der Waals surface area (Å²) < 4.78 is 5.68. The monoisotopic (exact) mass is 387 g/mol. The molecule has 0 atom stereocenters. The topological polar surface area (TPSA) is 79.8 Å². The normalized spacial score (nSPS) is 10.8. The molecule has 0 fully saturated rings. The molecule has 0 unspecified atom stereocenters. The van der Waals surface area contributed by atoms with Crippen LogP contribution in [-0.4, -0.2) is 24.1 Å². The third kappa shape index (κ3) is 7.50. The van der Waals surface area contributed by atoms with Gasteiger partial charge in [-0.3, -0.25) is 9.59 Å². The van der Waals surface area contributed by atoms with Crippen LogP contribution in [0.1, 0.15) is 32.3 Å². The quantitative estimate of drug-likeness (QED) is 0.530. The fraction of sp³-hybridized carbons (Fsp3) is 0.250. The summed E-state index contributed by atoms with van der Waals surface area (Å²) in [6, 6.07) is 14.2. The summed E-state index contributed by atoms with van der Waals surface area (Å²) in [6.07, 6.45) is 1.61. The second-order valence-corrected chi connectivity index (χ2v) is 6.49. The summed E-state index contributed by atoms with van der Waals surface area (Å²) >= 11 is 5.86. The van der Waals surface area contributed by atoms with Gasteiger partial charge in [0, 0.05) is 29.1 Å². The molecule has 2 amide bonds. The Morgan fingerprint density at radius 2 is 1.85 bits per heavy atom. The zero-order valence-corrected chi connectivity index (χ0v) is 16.0. The highest BCUT2D eigenvalue weighted by Gasteiger charge is 2.07. The predicted octanol–water partition coefficient (Wildman–Crippen LogP) is 4.00. The predicted molar refractivity (Wildman–Crippen MR) is 107 cm³/mol. The molecular weight excluding hydrogens is 366 g/mol. The van der Waals surface area contributed by atoms with Crippen LogP contribution in [0.4, 0.5) is 5.69 Å². The number of amides is 2. The fourth-order valence-corrected chi connectivity index (χ4v) is 2.39. The van der Waals surface area contributed by atoms with Crippen LogP contribution >= 0.6 is 11.6 Å². The third-order valence-electron chi connectivity index (χ3n) is 3.36. The molecule has 0 spiro atoms.